The first kappa shape index (κ1) is 24.3. The van der Waals surface area contributed by atoms with Crippen molar-refractivity contribution in [3.8, 4) is 0 Å². The van der Waals surface area contributed by atoms with Gasteiger partial charge in [0, 0.05) is 10.6 Å². The van der Waals surface area contributed by atoms with Crippen LogP contribution < -0.4 is 10.6 Å². The van der Waals surface area contributed by atoms with Crippen LogP contribution in [0.5, 0.6) is 0 Å². The Labute approximate surface area is 186 Å². The molecule has 0 aliphatic rings. The molecule has 0 spiro atoms. The van der Waals surface area contributed by atoms with Crippen molar-refractivity contribution in [3.05, 3.63) is 66.2 Å². The van der Waals surface area contributed by atoms with Crippen molar-refractivity contribution in [2.45, 2.75) is 37.4 Å². The topological polar surface area (TPSA) is 93.7 Å². The molecule has 0 aromatic heterocycles. The first-order valence-corrected chi connectivity index (χ1v) is 10.9. The Morgan fingerprint density at radius 1 is 0.935 bits per heavy atom. The van der Waals surface area contributed by atoms with Gasteiger partial charge in [0.15, 0.2) is 0 Å². The average molecular weight is 445 g/mol. The second-order valence-corrected chi connectivity index (χ2v) is 8.23. The number of benzene rings is 2. The van der Waals surface area contributed by atoms with Crippen molar-refractivity contribution < 1.29 is 23.9 Å². The van der Waals surface area contributed by atoms with Gasteiger partial charge in [0.2, 0.25) is 5.91 Å². The summed E-state index contributed by atoms with van der Waals surface area (Å²) in [6.45, 7) is 3.69. The van der Waals surface area contributed by atoms with Crippen molar-refractivity contribution in [1.29, 1.82) is 0 Å². The van der Waals surface area contributed by atoms with E-state index in [1.54, 1.807) is 13.8 Å². The van der Waals surface area contributed by atoms with Crippen LogP contribution in [0.4, 0.5) is 4.79 Å². The Balaban J connectivity index is 2.04. The maximum Gasteiger partial charge on any atom is 0.408 e. The molecule has 0 radical (unpaired) electrons. The van der Waals surface area contributed by atoms with Gasteiger partial charge in [-0.25, -0.2) is 9.59 Å². The molecule has 0 saturated carbocycles. The molecule has 2 amide bonds. The van der Waals surface area contributed by atoms with Crippen LogP contribution >= 0.6 is 11.8 Å². The van der Waals surface area contributed by atoms with E-state index in [2.05, 4.69) is 10.6 Å². The lowest BCUT2D eigenvalue weighted by Crippen LogP contribution is -2.54. The van der Waals surface area contributed by atoms with Gasteiger partial charge in [-0.05, 0) is 23.6 Å². The summed E-state index contributed by atoms with van der Waals surface area (Å²) < 4.78 is 10.0. The lowest BCUT2D eigenvalue weighted by atomic mass is 10.0. The number of amides is 2. The molecule has 2 aromatic rings. The molecule has 0 heterocycles. The zero-order chi connectivity index (χ0) is 22.6. The molecule has 166 valence electrons. The molecule has 2 atom stereocenters. The molecule has 0 unspecified atom stereocenters. The molecule has 2 aromatic carbocycles. The smallest absolute Gasteiger partial charge is 0.408 e. The summed E-state index contributed by atoms with van der Waals surface area (Å²) in [5.74, 6) is -0.931. The number of nitrogens with one attached hydrogen (secondary N) is 2. The highest BCUT2D eigenvalue weighted by Gasteiger charge is 2.29. The second-order valence-electron chi connectivity index (χ2n) is 7.14. The van der Waals surface area contributed by atoms with E-state index in [4.69, 9.17) is 9.47 Å². The van der Waals surface area contributed by atoms with Gasteiger partial charge < -0.3 is 20.1 Å². The Hall–Kier alpha value is -3.00. The largest absolute Gasteiger partial charge is 0.467 e. The summed E-state index contributed by atoms with van der Waals surface area (Å²) in [6.07, 6.45) is -0.711. The molecule has 0 fully saturated rings. The third kappa shape index (κ3) is 8.33. The molecule has 7 nitrogen and oxygen atoms in total. The molecule has 8 heteroatoms. The maximum absolute atomic E-state index is 12.9. The van der Waals surface area contributed by atoms with Gasteiger partial charge in [-0.15, -0.1) is 11.8 Å². The Kier molecular flexibility index (Phi) is 9.90. The van der Waals surface area contributed by atoms with E-state index in [0.717, 1.165) is 10.5 Å². The van der Waals surface area contributed by atoms with E-state index >= 15 is 0 Å². The number of carbonyl (C=O) groups excluding carboxylic acids is 3. The minimum absolute atomic E-state index is 0.0869. The quantitative estimate of drug-likeness (QED) is 0.431. The normalized spacial score (nSPS) is 12.5. The molecule has 0 bridgehead atoms. The molecule has 31 heavy (non-hydrogen) atoms. The summed E-state index contributed by atoms with van der Waals surface area (Å²) >= 11 is 1.42. The van der Waals surface area contributed by atoms with E-state index in [1.165, 1.54) is 18.9 Å². The number of rotatable bonds is 10. The van der Waals surface area contributed by atoms with Gasteiger partial charge in [-0.1, -0.05) is 62.4 Å². The number of carbonyl (C=O) groups is 3. The maximum atomic E-state index is 12.9. The van der Waals surface area contributed by atoms with Crippen molar-refractivity contribution >= 4 is 29.7 Å². The molecule has 0 aliphatic carbocycles. The highest BCUT2D eigenvalue weighted by molar-refractivity contribution is 7.99. The van der Waals surface area contributed by atoms with Crippen molar-refractivity contribution in [3.63, 3.8) is 0 Å². The van der Waals surface area contributed by atoms with Crippen LogP contribution in [0.15, 0.2) is 65.6 Å². The number of methoxy groups -OCH3 is 1. The molecular weight excluding hydrogens is 416 g/mol. The number of esters is 1. The van der Waals surface area contributed by atoms with Crippen molar-refractivity contribution in [2.75, 3.05) is 12.9 Å². The molecule has 2 N–H and O–H groups in total. The standard InChI is InChI=1S/C23H28N2O5S/c1-16(2)20(22(27)29-3)25-21(26)19(15-31-18-12-8-5-9-13-18)24-23(28)30-14-17-10-6-4-7-11-17/h4-13,16,19-20H,14-15H2,1-3H3,(H,24,28)(H,25,26)/t19-,20+/m0/s1. The fourth-order valence-electron chi connectivity index (χ4n) is 2.66. The first-order valence-electron chi connectivity index (χ1n) is 9.94. The van der Waals surface area contributed by atoms with Crippen LogP contribution in [0.25, 0.3) is 0 Å². The fourth-order valence-corrected chi connectivity index (χ4v) is 3.61. The number of thioether (sulfide) groups is 1. The third-order valence-electron chi connectivity index (χ3n) is 4.40. The molecule has 0 aliphatic heterocycles. The fraction of sp³-hybridized carbons (Fsp3) is 0.348. The van der Waals surface area contributed by atoms with Crippen LogP contribution in [0.2, 0.25) is 0 Å². The van der Waals surface area contributed by atoms with E-state index < -0.39 is 30.1 Å². The van der Waals surface area contributed by atoms with Gasteiger partial charge in [0.05, 0.1) is 7.11 Å². The summed E-state index contributed by atoms with van der Waals surface area (Å²) in [6, 6.07) is 17.0. The average Bonchev–Trinajstić information content (AvgIpc) is 2.79. The van der Waals surface area contributed by atoms with E-state index in [0.29, 0.717) is 0 Å². The van der Waals surface area contributed by atoms with E-state index in [9.17, 15) is 14.4 Å². The lowest BCUT2D eigenvalue weighted by molar-refractivity contribution is -0.146. The predicted octanol–water partition coefficient (Wildman–Crippen LogP) is 3.39. The van der Waals surface area contributed by atoms with Crippen LogP contribution in [-0.2, 0) is 25.7 Å². The SMILES string of the molecule is COC(=O)[C@H](NC(=O)[C@H](CSc1ccccc1)NC(=O)OCc1ccccc1)C(C)C. The first-order chi connectivity index (χ1) is 14.9. The van der Waals surface area contributed by atoms with Crippen LogP contribution in [0, 0.1) is 5.92 Å². The predicted molar refractivity (Wildman–Crippen MR) is 120 cm³/mol. The van der Waals surface area contributed by atoms with Gasteiger partial charge >= 0.3 is 12.1 Å². The summed E-state index contributed by atoms with van der Waals surface area (Å²) in [4.78, 5) is 38.2. The Morgan fingerprint density at radius 2 is 1.55 bits per heavy atom. The van der Waals surface area contributed by atoms with Crippen LogP contribution in [0.3, 0.4) is 0 Å². The van der Waals surface area contributed by atoms with Gasteiger partial charge in [-0.2, -0.15) is 0 Å². The zero-order valence-electron chi connectivity index (χ0n) is 17.9. The third-order valence-corrected chi connectivity index (χ3v) is 5.51. The van der Waals surface area contributed by atoms with Crippen molar-refractivity contribution in [2.24, 2.45) is 5.92 Å². The highest BCUT2D eigenvalue weighted by atomic mass is 32.2. The second kappa shape index (κ2) is 12.6. The highest BCUT2D eigenvalue weighted by Crippen LogP contribution is 2.18. The number of alkyl carbamates (subject to hydrolysis) is 1. The number of hydrogen-bond acceptors (Lipinski definition) is 6. The van der Waals surface area contributed by atoms with E-state index in [1.807, 2.05) is 60.7 Å². The Bertz CT molecular complexity index is 846. The minimum Gasteiger partial charge on any atom is -0.467 e. The minimum atomic E-state index is -0.903. The number of ether oxygens (including phenoxy) is 2. The zero-order valence-corrected chi connectivity index (χ0v) is 18.7. The molecule has 0 saturated heterocycles. The summed E-state index contributed by atoms with van der Waals surface area (Å²) in [5, 5.41) is 5.30. The summed E-state index contributed by atoms with van der Waals surface area (Å²) in [7, 11) is 1.27. The van der Waals surface area contributed by atoms with Crippen molar-refractivity contribution in [1.82, 2.24) is 10.6 Å². The monoisotopic (exact) mass is 444 g/mol. The molecular formula is C23H28N2O5S. The Morgan fingerprint density at radius 3 is 2.13 bits per heavy atom. The van der Waals surface area contributed by atoms with Gasteiger partial charge in [-0.3, -0.25) is 4.79 Å². The van der Waals surface area contributed by atoms with E-state index in [-0.39, 0.29) is 18.3 Å². The van der Waals surface area contributed by atoms with Gasteiger partial charge in [0.1, 0.15) is 18.7 Å². The lowest BCUT2D eigenvalue weighted by Gasteiger charge is -2.24. The van der Waals surface area contributed by atoms with Crippen LogP contribution in [0.1, 0.15) is 19.4 Å². The molecule has 2 rings (SSSR count). The van der Waals surface area contributed by atoms with Crippen LogP contribution in [-0.4, -0.2) is 42.9 Å². The van der Waals surface area contributed by atoms with Gasteiger partial charge in [0.25, 0.3) is 0 Å². The summed E-state index contributed by atoms with van der Waals surface area (Å²) in [5.41, 5.74) is 0.836. The number of hydrogen-bond donors (Lipinski definition) is 2.